The van der Waals surface area contributed by atoms with Crippen LogP contribution >= 0.6 is 11.3 Å². The van der Waals surface area contributed by atoms with Gasteiger partial charge in [0.2, 0.25) is 0 Å². The summed E-state index contributed by atoms with van der Waals surface area (Å²) < 4.78 is 32.4. The van der Waals surface area contributed by atoms with Gasteiger partial charge < -0.3 is 14.2 Å². The molecule has 1 unspecified atom stereocenters. The second-order valence-electron chi connectivity index (χ2n) is 12.3. The lowest BCUT2D eigenvalue weighted by molar-refractivity contribution is -0.140. The Bertz CT molecular complexity index is 1610. The highest BCUT2D eigenvalue weighted by atomic mass is 32.1. The molecule has 5 rings (SSSR count). The third-order valence-electron chi connectivity index (χ3n) is 8.56. The van der Waals surface area contributed by atoms with Crippen LogP contribution in [0.25, 0.3) is 5.76 Å². The number of unbranched alkanes of at least 4 members (excludes halogenated alkanes) is 1. The van der Waals surface area contributed by atoms with Crippen molar-refractivity contribution >= 4 is 23.1 Å². The van der Waals surface area contributed by atoms with Gasteiger partial charge in [0.25, 0.3) is 0 Å². The van der Waals surface area contributed by atoms with Crippen LogP contribution in [0.2, 0.25) is 0 Å². The molecule has 47 heavy (non-hydrogen) atoms. The number of thiophene rings is 1. The number of allylic oxidation sites excluding steroid dienone is 1. The quantitative estimate of drug-likeness (QED) is 0.0608. The number of carbonyl (C=O) groups excluding carboxylic acids is 1. The van der Waals surface area contributed by atoms with Crippen molar-refractivity contribution in [1.29, 1.82) is 0 Å². The average Bonchev–Trinajstić information content (AvgIpc) is 3.84. The number of hydrogen-bond acceptors (Lipinski definition) is 6. The predicted molar refractivity (Wildman–Crippen MR) is 188 cm³/mol. The lowest BCUT2D eigenvalue weighted by Crippen LogP contribution is -2.30. The van der Waals surface area contributed by atoms with Crippen LogP contribution in [0.1, 0.15) is 75.8 Å². The third-order valence-corrected chi connectivity index (χ3v) is 9.66. The second kappa shape index (κ2) is 17.4. The van der Waals surface area contributed by atoms with Crippen molar-refractivity contribution in [1.82, 2.24) is 4.90 Å². The lowest BCUT2D eigenvalue weighted by Gasteiger charge is -2.28. The molecule has 1 aromatic heterocycles. The number of benzene rings is 3. The molecule has 0 saturated heterocycles. The van der Waals surface area contributed by atoms with Gasteiger partial charge in [-0.15, -0.1) is 11.3 Å². The van der Waals surface area contributed by atoms with Gasteiger partial charge in [0.05, 0.1) is 26.4 Å². The van der Waals surface area contributed by atoms with E-state index in [1.807, 2.05) is 12.1 Å². The fourth-order valence-electron chi connectivity index (χ4n) is 5.79. The summed E-state index contributed by atoms with van der Waals surface area (Å²) in [6.45, 7) is 4.56. The van der Waals surface area contributed by atoms with Gasteiger partial charge in [-0.1, -0.05) is 60.7 Å². The molecular formula is C40H46FNO4S. The number of nitrogens with zero attached hydrogens (tertiary/aromatic N) is 1. The van der Waals surface area contributed by atoms with Crippen molar-refractivity contribution < 1.29 is 23.4 Å². The summed E-state index contributed by atoms with van der Waals surface area (Å²) in [5, 5.41) is 0. The van der Waals surface area contributed by atoms with Crippen LogP contribution in [0.3, 0.4) is 0 Å². The molecule has 7 heteroatoms. The number of carbonyl (C=O) groups is 1. The first-order valence-corrected chi connectivity index (χ1v) is 17.4. The van der Waals surface area contributed by atoms with E-state index in [0.717, 1.165) is 56.2 Å². The Morgan fingerprint density at radius 3 is 2.19 bits per heavy atom. The molecule has 1 fully saturated rings. The Labute approximate surface area is 283 Å². The van der Waals surface area contributed by atoms with Crippen molar-refractivity contribution in [2.45, 2.75) is 71.1 Å². The summed E-state index contributed by atoms with van der Waals surface area (Å²) >= 11 is 1.75. The zero-order valence-corrected chi connectivity index (χ0v) is 28.6. The number of halogens is 1. The summed E-state index contributed by atoms with van der Waals surface area (Å²) in [5.41, 5.74) is 6.37. The van der Waals surface area contributed by atoms with E-state index in [4.69, 9.17) is 14.2 Å². The van der Waals surface area contributed by atoms with Crippen molar-refractivity contribution in [2.75, 3.05) is 27.3 Å². The molecule has 0 amide bonds. The molecule has 0 radical (unpaired) electrons. The molecule has 0 spiro atoms. The fraction of sp³-hybridized carbons (Fsp3) is 0.375. The van der Waals surface area contributed by atoms with E-state index in [2.05, 4.69) is 78.6 Å². The Balaban J connectivity index is 1.27. The number of esters is 1. The highest BCUT2D eigenvalue weighted by Crippen LogP contribution is 2.37. The van der Waals surface area contributed by atoms with E-state index in [-0.39, 0.29) is 17.9 Å². The molecule has 4 aromatic rings. The van der Waals surface area contributed by atoms with Gasteiger partial charge in [-0.2, -0.15) is 0 Å². The number of aryl methyl sites for hydroxylation is 3. The highest BCUT2D eigenvalue weighted by molar-refractivity contribution is 7.12. The molecule has 3 aromatic carbocycles. The molecule has 0 aliphatic heterocycles. The van der Waals surface area contributed by atoms with Gasteiger partial charge in [-0.05, 0) is 104 Å². The second-order valence-corrected chi connectivity index (χ2v) is 13.6. The van der Waals surface area contributed by atoms with E-state index in [1.54, 1.807) is 24.5 Å². The third kappa shape index (κ3) is 10.6. The van der Waals surface area contributed by atoms with Crippen molar-refractivity contribution in [3.63, 3.8) is 0 Å². The molecule has 1 aliphatic carbocycles. The van der Waals surface area contributed by atoms with E-state index in [0.29, 0.717) is 37.4 Å². The SMILES string of the molecule is COC(=O)CCCCN(Cc1ccc(C(OC)=C2CC2)c(F)c1)CC(OCc1ccc(CCc2ccccc2)cc1)c1ccc(C)s1. The van der Waals surface area contributed by atoms with Crippen LogP contribution in [-0.4, -0.2) is 38.2 Å². The number of hydrogen-bond donors (Lipinski definition) is 0. The number of methoxy groups -OCH3 is 2. The first-order chi connectivity index (χ1) is 22.9. The minimum atomic E-state index is -0.265. The van der Waals surface area contributed by atoms with E-state index >= 15 is 4.39 Å². The Morgan fingerprint density at radius 1 is 0.851 bits per heavy atom. The molecule has 248 valence electrons. The van der Waals surface area contributed by atoms with Crippen LogP contribution in [0.4, 0.5) is 4.39 Å². The Morgan fingerprint density at radius 2 is 1.55 bits per heavy atom. The average molecular weight is 656 g/mol. The van der Waals surface area contributed by atoms with Crippen LogP contribution in [0.15, 0.2) is 90.5 Å². The van der Waals surface area contributed by atoms with E-state index in [1.165, 1.54) is 33.6 Å². The molecule has 1 heterocycles. The minimum absolute atomic E-state index is 0.157. The summed E-state index contributed by atoms with van der Waals surface area (Å²) in [6.07, 6.45) is 5.71. The van der Waals surface area contributed by atoms with E-state index in [9.17, 15) is 4.79 Å². The van der Waals surface area contributed by atoms with Crippen LogP contribution in [-0.2, 0) is 45.0 Å². The normalized spacial score (nSPS) is 13.1. The largest absolute Gasteiger partial charge is 0.496 e. The van der Waals surface area contributed by atoms with Gasteiger partial charge in [0.1, 0.15) is 17.7 Å². The van der Waals surface area contributed by atoms with Crippen molar-refractivity contribution in [3.8, 4) is 0 Å². The summed E-state index contributed by atoms with van der Waals surface area (Å²) in [7, 11) is 3.03. The van der Waals surface area contributed by atoms with Crippen molar-refractivity contribution in [3.05, 3.63) is 134 Å². The monoisotopic (exact) mass is 655 g/mol. The smallest absolute Gasteiger partial charge is 0.305 e. The molecule has 1 aliphatic rings. The first kappa shape index (κ1) is 34.6. The van der Waals surface area contributed by atoms with E-state index < -0.39 is 0 Å². The maximum absolute atomic E-state index is 15.4. The Hall–Kier alpha value is -3.78. The van der Waals surface area contributed by atoms with Gasteiger partial charge in [-0.25, -0.2) is 4.39 Å². The first-order valence-electron chi connectivity index (χ1n) is 16.6. The molecule has 1 atom stereocenters. The summed E-state index contributed by atoms with van der Waals surface area (Å²) in [4.78, 5) is 16.5. The number of ether oxygens (including phenoxy) is 3. The highest BCUT2D eigenvalue weighted by Gasteiger charge is 2.23. The molecule has 1 saturated carbocycles. The van der Waals surface area contributed by atoms with Gasteiger partial charge in [0.15, 0.2) is 0 Å². The minimum Gasteiger partial charge on any atom is -0.496 e. The number of rotatable bonds is 18. The maximum atomic E-state index is 15.4. The van der Waals surface area contributed by atoms with Gasteiger partial charge in [0, 0.05) is 29.3 Å². The predicted octanol–water partition coefficient (Wildman–Crippen LogP) is 9.24. The molecule has 0 N–H and O–H groups in total. The fourth-order valence-corrected chi connectivity index (χ4v) is 6.71. The lowest BCUT2D eigenvalue weighted by atomic mass is 10.0. The molecule has 0 bridgehead atoms. The maximum Gasteiger partial charge on any atom is 0.305 e. The topological polar surface area (TPSA) is 48.0 Å². The Kier molecular flexibility index (Phi) is 12.8. The summed E-state index contributed by atoms with van der Waals surface area (Å²) in [5.74, 6) is 0.201. The summed E-state index contributed by atoms with van der Waals surface area (Å²) in [6, 6.07) is 29.0. The zero-order chi connectivity index (χ0) is 33.0. The molecule has 5 nitrogen and oxygen atoms in total. The zero-order valence-electron chi connectivity index (χ0n) is 27.8. The standard InChI is InChI=1S/C40H46FNO4S/c1-29-12-23-38(47-29)37(46-28-32-17-15-31(16-18-32)14-13-30-9-5-4-6-10-30)27-42(24-8-7-11-39(43)44-2)26-33-19-22-35(36(41)25-33)40(45-3)34-20-21-34/h4-6,9-10,12,15-19,22-23,25,37H,7-8,11,13-14,20-21,24,26-28H2,1-3H3. The van der Waals surface area contributed by atoms with Crippen molar-refractivity contribution in [2.24, 2.45) is 0 Å². The van der Waals surface area contributed by atoms with Crippen LogP contribution < -0.4 is 0 Å². The molecular weight excluding hydrogens is 610 g/mol. The van der Waals surface area contributed by atoms with Crippen LogP contribution in [0, 0.1) is 12.7 Å². The van der Waals surface area contributed by atoms with Gasteiger partial charge in [-0.3, -0.25) is 9.69 Å². The van der Waals surface area contributed by atoms with Crippen LogP contribution in [0.5, 0.6) is 0 Å². The van der Waals surface area contributed by atoms with Gasteiger partial charge >= 0.3 is 5.97 Å².